The number of carbonyl (C=O) groups excluding carboxylic acids is 2. The second-order valence-electron chi connectivity index (χ2n) is 5.35. The summed E-state index contributed by atoms with van der Waals surface area (Å²) in [4.78, 5) is 25.7. The fourth-order valence-corrected chi connectivity index (χ4v) is 3.48. The second-order valence-corrected chi connectivity index (χ2v) is 5.35. The molecule has 4 heteroatoms. The maximum atomic E-state index is 12.2. The Morgan fingerprint density at radius 1 is 1.29 bits per heavy atom. The third-order valence-corrected chi connectivity index (χ3v) is 4.43. The molecule has 1 saturated heterocycles. The highest BCUT2D eigenvalue weighted by Crippen LogP contribution is 2.52. The molecule has 1 heterocycles. The predicted molar refractivity (Wildman–Crippen MR) is 60.7 cm³/mol. The summed E-state index contributed by atoms with van der Waals surface area (Å²) in [5, 5.41) is 9.60. The van der Waals surface area contributed by atoms with Crippen molar-refractivity contribution in [1.29, 1.82) is 0 Å². The molecule has 5 unspecified atom stereocenters. The third kappa shape index (κ3) is 1.40. The average Bonchev–Trinajstić information content (AvgIpc) is 2.98. The number of likely N-dealkylation sites (tertiary alicyclic amines) is 1. The Bertz CT molecular complexity index is 373. The van der Waals surface area contributed by atoms with E-state index >= 15 is 0 Å². The lowest BCUT2D eigenvalue weighted by Crippen LogP contribution is -2.38. The molecule has 2 fully saturated rings. The lowest BCUT2D eigenvalue weighted by molar-refractivity contribution is -0.142. The molecule has 3 aliphatic rings. The van der Waals surface area contributed by atoms with Crippen LogP contribution in [0.25, 0.3) is 0 Å². The van der Waals surface area contributed by atoms with Gasteiger partial charge in [0, 0.05) is 0 Å². The molecule has 0 aromatic carbocycles. The molecule has 5 atom stereocenters. The van der Waals surface area contributed by atoms with E-state index in [0.717, 1.165) is 6.42 Å². The second kappa shape index (κ2) is 3.67. The zero-order chi connectivity index (χ0) is 12.2. The van der Waals surface area contributed by atoms with Crippen LogP contribution in [-0.4, -0.2) is 34.5 Å². The highest BCUT2D eigenvalue weighted by Gasteiger charge is 2.59. The van der Waals surface area contributed by atoms with Crippen molar-refractivity contribution < 1.29 is 14.7 Å². The minimum Gasteiger partial charge on any atom is -0.391 e. The van der Waals surface area contributed by atoms with Crippen molar-refractivity contribution in [1.82, 2.24) is 4.90 Å². The number of nitrogens with zero attached hydrogens (tertiary/aromatic N) is 1. The Hall–Kier alpha value is -1.16. The van der Waals surface area contributed by atoms with Gasteiger partial charge in [0.05, 0.1) is 24.5 Å². The number of β-amino-alcohol motifs (C(OH)–C–C–N with tert-alkyl or cyclic N) is 1. The molecule has 2 bridgehead atoms. The first-order chi connectivity index (χ1) is 8.13. The van der Waals surface area contributed by atoms with E-state index in [1.165, 1.54) is 4.90 Å². The molecule has 0 spiro atoms. The van der Waals surface area contributed by atoms with Crippen LogP contribution in [0.3, 0.4) is 0 Å². The van der Waals surface area contributed by atoms with E-state index < -0.39 is 6.10 Å². The van der Waals surface area contributed by atoms with Gasteiger partial charge in [-0.3, -0.25) is 14.5 Å². The van der Waals surface area contributed by atoms with E-state index in [1.54, 1.807) is 0 Å². The number of hydrogen-bond acceptors (Lipinski definition) is 3. The average molecular weight is 235 g/mol. The molecule has 0 aromatic rings. The number of carbonyl (C=O) groups is 2. The van der Waals surface area contributed by atoms with Gasteiger partial charge in [0.25, 0.3) is 0 Å². The first-order valence-electron chi connectivity index (χ1n) is 6.35. The van der Waals surface area contributed by atoms with Gasteiger partial charge in [0.1, 0.15) is 0 Å². The van der Waals surface area contributed by atoms with Crippen molar-refractivity contribution >= 4 is 11.8 Å². The van der Waals surface area contributed by atoms with E-state index in [4.69, 9.17) is 0 Å². The molecular formula is C13H17NO3. The zero-order valence-electron chi connectivity index (χ0n) is 9.87. The molecule has 0 radical (unpaired) electrons. The van der Waals surface area contributed by atoms with Crippen molar-refractivity contribution in [3.63, 3.8) is 0 Å². The Kier molecular flexibility index (Phi) is 2.36. The van der Waals surface area contributed by atoms with Crippen LogP contribution in [0.1, 0.15) is 19.8 Å². The highest BCUT2D eigenvalue weighted by atomic mass is 16.3. The van der Waals surface area contributed by atoms with Gasteiger partial charge in [0.2, 0.25) is 11.8 Å². The van der Waals surface area contributed by atoms with Gasteiger partial charge in [-0.25, -0.2) is 0 Å². The topological polar surface area (TPSA) is 57.6 Å². The minimum absolute atomic E-state index is 0.0654. The van der Waals surface area contributed by atoms with Crippen molar-refractivity contribution in [3.8, 4) is 0 Å². The molecule has 0 aromatic heterocycles. The third-order valence-electron chi connectivity index (χ3n) is 4.43. The standard InChI is InChI=1S/C13H17NO3/c1-2-9(15)6-14-12(16)10-7-3-4-8(5-7)11(10)13(14)17/h3-4,7-11,15H,2,5-6H2,1H3. The summed E-state index contributed by atoms with van der Waals surface area (Å²) in [5.41, 5.74) is 0. The van der Waals surface area contributed by atoms with Crippen LogP contribution in [0, 0.1) is 23.7 Å². The number of imide groups is 1. The summed E-state index contributed by atoms with van der Waals surface area (Å²) >= 11 is 0. The van der Waals surface area contributed by atoms with E-state index in [1.807, 2.05) is 6.92 Å². The molecule has 1 N–H and O–H groups in total. The fourth-order valence-electron chi connectivity index (χ4n) is 3.48. The van der Waals surface area contributed by atoms with Gasteiger partial charge in [-0.1, -0.05) is 19.1 Å². The lowest BCUT2D eigenvalue weighted by atomic mass is 9.85. The van der Waals surface area contributed by atoms with Crippen molar-refractivity contribution in [2.24, 2.45) is 23.7 Å². The van der Waals surface area contributed by atoms with Crippen LogP contribution in [0.2, 0.25) is 0 Å². The highest BCUT2D eigenvalue weighted by molar-refractivity contribution is 6.06. The van der Waals surface area contributed by atoms with Crippen LogP contribution >= 0.6 is 0 Å². The fraction of sp³-hybridized carbons (Fsp3) is 0.692. The van der Waals surface area contributed by atoms with Gasteiger partial charge >= 0.3 is 0 Å². The number of amides is 2. The SMILES string of the molecule is CCC(O)CN1C(=O)C2C3C=CC(C3)C2C1=O. The molecule has 1 aliphatic heterocycles. The molecule has 2 aliphatic carbocycles. The summed E-state index contributed by atoms with van der Waals surface area (Å²) in [5.74, 6) is 0.104. The van der Waals surface area contributed by atoms with Crippen LogP contribution in [0.15, 0.2) is 12.2 Å². The number of rotatable bonds is 3. The Morgan fingerprint density at radius 2 is 1.82 bits per heavy atom. The number of fused-ring (bicyclic) bond motifs is 5. The summed E-state index contributed by atoms with van der Waals surface area (Å²) in [6.45, 7) is 2.02. The first-order valence-corrected chi connectivity index (χ1v) is 6.35. The Labute approximate surface area is 100 Å². The Balaban J connectivity index is 1.83. The molecule has 3 rings (SSSR count). The summed E-state index contributed by atoms with van der Waals surface area (Å²) < 4.78 is 0. The number of aliphatic hydroxyl groups excluding tert-OH is 1. The van der Waals surface area contributed by atoms with E-state index in [9.17, 15) is 14.7 Å². The van der Waals surface area contributed by atoms with Crippen LogP contribution < -0.4 is 0 Å². The molecule has 17 heavy (non-hydrogen) atoms. The van der Waals surface area contributed by atoms with Crippen molar-refractivity contribution in [2.45, 2.75) is 25.9 Å². The lowest BCUT2D eigenvalue weighted by Gasteiger charge is -2.19. The smallest absolute Gasteiger partial charge is 0.233 e. The van der Waals surface area contributed by atoms with Crippen LogP contribution in [0.4, 0.5) is 0 Å². The van der Waals surface area contributed by atoms with Crippen molar-refractivity contribution in [3.05, 3.63) is 12.2 Å². The maximum Gasteiger partial charge on any atom is 0.233 e. The maximum absolute atomic E-state index is 12.2. The molecule has 2 amide bonds. The number of aliphatic hydroxyl groups is 1. The normalized spacial score (nSPS) is 40.2. The van der Waals surface area contributed by atoms with Crippen LogP contribution in [-0.2, 0) is 9.59 Å². The first kappa shape index (κ1) is 11.0. The largest absolute Gasteiger partial charge is 0.391 e. The van der Waals surface area contributed by atoms with Crippen molar-refractivity contribution in [2.75, 3.05) is 6.54 Å². The summed E-state index contributed by atoms with van der Waals surface area (Å²) in [6.07, 6.45) is 5.09. The van der Waals surface area contributed by atoms with E-state index in [-0.39, 0.29) is 42.0 Å². The van der Waals surface area contributed by atoms with Crippen LogP contribution in [0.5, 0.6) is 0 Å². The summed E-state index contributed by atoms with van der Waals surface area (Å²) in [6, 6.07) is 0. The van der Waals surface area contributed by atoms with Gasteiger partial charge in [0.15, 0.2) is 0 Å². The predicted octanol–water partition coefficient (Wildman–Crippen LogP) is 0.564. The molecule has 1 saturated carbocycles. The zero-order valence-corrected chi connectivity index (χ0v) is 9.87. The molecular weight excluding hydrogens is 218 g/mol. The van der Waals surface area contributed by atoms with Gasteiger partial charge in [-0.05, 0) is 24.7 Å². The monoisotopic (exact) mass is 235 g/mol. The van der Waals surface area contributed by atoms with Gasteiger partial charge in [-0.2, -0.15) is 0 Å². The van der Waals surface area contributed by atoms with E-state index in [0.29, 0.717) is 6.42 Å². The number of hydrogen-bond donors (Lipinski definition) is 1. The van der Waals surface area contributed by atoms with Gasteiger partial charge < -0.3 is 5.11 Å². The van der Waals surface area contributed by atoms with E-state index in [2.05, 4.69) is 12.2 Å². The quantitative estimate of drug-likeness (QED) is 0.574. The molecule has 4 nitrogen and oxygen atoms in total. The number of allylic oxidation sites excluding steroid dienone is 2. The van der Waals surface area contributed by atoms with Gasteiger partial charge in [-0.15, -0.1) is 0 Å². The molecule has 92 valence electrons. The minimum atomic E-state index is -0.590. The summed E-state index contributed by atoms with van der Waals surface area (Å²) in [7, 11) is 0. The Morgan fingerprint density at radius 3 is 2.29 bits per heavy atom.